The lowest BCUT2D eigenvalue weighted by Gasteiger charge is -2.14. The lowest BCUT2D eigenvalue weighted by atomic mass is 10.2. The van der Waals surface area contributed by atoms with Crippen LogP contribution in [-0.4, -0.2) is 22.8 Å². The highest BCUT2D eigenvalue weighted by molar-refractivity contribution is 7.99. The molecular weight excluding hydrogens is 260 g/mol. The molecule has 0 aromatic heterocycles. The SMILES string of the molecule is O=C(O)c1ccc(SC(CO)c2ccccc2)cc1. The third-order valence-corrected chi connectivity index (χ3v) is 3.97. The van der Waals surface area contributed by atoms with E-state index in [4.69, 9.17) is 5.11 Å². The van der Waals surface area contributed by atoms with E-state index in [0.717, 1.165) is 10.5 Å². The predicted molar refractivity (Wildman–Crippen MR) is 75.5 cm³/mol. The van der Waals surface area contributed by atoms with Crippen molar-refractivity contribution < 1.29 is 15.0 Å². The van der Waals surface area contributed by atoms with Gasteiger partial charge in [0, 0.05) is 4.90 Å². The first-order valence-electron chi connectivity index (χ1n) is 5.86. The number of thioether (sulfide) groups is 1. The molecule has 0 aliphatic rings. The van der Waals surface area contributed by atoms with E-state index >= 15 is 0 Å². The van der Waals surface area contributed by atoms with Gasteiger partial charge in [0.05, 0.1) is 17.4 Å². The number of hydrogen-bond donors (Lipinski definition) is 2. The Morgan fingerprint density at radius 2 is 1.68 bits per heavy atom. The van der Waals surface area contributed by atoms with Crippen LogP contribution in [0.5, 0.6) is 0 Å². The molecule has 98 valence electrons. The molecule has 0 spiro atoms. The average Bonchev–Trinajstić information content (AvgIpc) is 2.46. The van der Waals surface area contributed by atoms with E-state index in [-0.39, 0.29) is 17.4 Å². The Balaban J connectivity index is 2.12. The summed E-state index contributed by atoms with van der Waals surface area (Å²) < 4.78 is 0. The minimum absolute atomic E-state index is 0.0371. The Morgan fingerprint density at radius 3 is 2.21 bits per heavy atom. The largest absolute Gasteiger partial charge is 0.478 e. The standard InChI is InChI=1S/C15H14O3S/c16-10-14(11-4-2-1-3-5-11)19-13-8-6-12(7-9-13)15(17)18/h1-9,14,16H,10H2,(H,17,18). The summed E-state index contributed by atoms with van der Waals surface area (Å²) in [5.41, 5.74) is 1.32. The van der Waals surface area contributed by atoms with Crippen LogP contribution in [0.1, 0.15) is 21.2 Å². The van der Waals surface area contributed by atoms with Crippen LogP contribution in [0.25, 0.3) is 0 Å². The smallest absolute Gasteiger partial charge is 0.335 e. The number of benzene rings is 2. The van der Waals surface area contributed by atoms with E-state index in [1.54, 1.807) is 24.3 Å². The fourth-order valence-corrected chi connectivity index (χ4v) is 2.71. The third-order valence-electron chi connectivity index (χ3n) is 2.72. The normalized spacial score (nSPS) is 12.1. The summed E-state index contributed by atoms with van der Waals surface area (Å²) >= 11 is 1.52. The number of aliphatic hydroxyl groups is 1. The number of aromatic carboxylic acids is 1. The molecule has 1 unspecified atom stereocenters. The molecule has 2 rings (SSSR count). The second-order valence-electron chi connectivity index (χ2n) is 4.03. The van der Waals surface area contributed by atoms with Crippen molar-refractivity contribution in [1.29, 1.82) is 0 Å². The van der Waals surface area contributed by atoms with Crippen molar-refractivity contribution in [3.63, 3.8) is 0 Å². The van der Waals surface area contributed by atoms with Crippen LogP contribution in [-0.2, 0) is 0 Å². The maximum absolute atomic E-state index is 10.8. The van der Waals surface area contributed by atoms with Gasteiger partial charge < -0.3 is 10.2 Å². The quantitative estimate of drug-likeness (QED) is 0.822. The summed E-state index contributed by atoms with van der Waals surface area (Å²) in [5.74, 6) is -0.932. The monoisotopic (exact) mass is 274 g/mol. The number of aliphatic hydroxyl groups excluding tert-OH is 1. The van der Waals surface area contributed by atoms with E-state index in [1.807, 2.05) is 30.3 Å². The number of carbonyl (C=O) groups is 1. The van der Waals surface area contributed by atoms with Gasteiger partial charge in [0.25, 0.3) is 0 Å². The summed E-state index contributed by atoms with van der Waals surface area (Å²) in [6, 6.07) is 16.4. The van der Waals surface area contributed by atoms with Gasteiger partial charge >= 0.3 is 5.97 Å². The molecule has 0 fully saturated rings. The fourth-order valence-electron chi connectivity index (χ4n) is 1.72. The van der Waals surface area contributed by atoms with Crippen LogP contribution in [0, 0.1) is 0 Å². The summed E-state index contributed by atoms with van der Waals surface area (Å²) in [6.07, 6.45) is 0. The molecule has 0 bridgehead atoms. The van der Waals surface area contributed by atoms with Gasteiger partial charge in [-0.05, 0) is 29.8 Å². The van der Waals surface area contributed by atoms with Crippen molar-refractivity contribution >= 4 is 17.7 Å². The zero-order chi connectivity index (χ0) is 13.7. The van der Waals surface area contributed by atoms with Crippen molar-refractivity contribution in [3.05, 3.63) is 65.7 Å². The number of carboxylic acids is 1. The topological polar surface area (TPSA) is 57.5 Å². The zero-order valence-corrected chi connectivity index (χ0v) is 11.0. The van der Waals surface area contributed by atoms with Gasteiger partial charge in [-0.1, -0.05) is 30.3 Å². The summed E-state index contributed by atoms with van der Waals surface area (Å²) in [7, 11) is 0. The first-order valence-corrected chi connectivity index (χ1v) is 6.74. The highest BCUT2D eigenvalue weighted by Gasteiger charge is 2.12. The molecule has 2 aromatic carbocycles. The Kier molecular flexibility index (Phi) is 4.60. The second-order valence-corrected chi connectivity index (χ2v) is 5.31. The van der Waals surface area contributed by atoms with Gasteiger partial charge in [-0.25, -0.2) is 4.79 Å². The lowest BCUT2D eigenvalue weighted by Crippen LogP contribution is -2.00. The van der Waals surface area contributed by atoms with Crippen molar-refractivity contribution in [3.8, 4) is 0 Å². The van der Waals surface area contributed by atoms with Crippen LogP contribution in [0.15, 0.2) is 59.5 Å². The first kappa shape index (κ1) is 13.6. The molecule has 0 radical (unpaired) electrons. The maximum Gasteiger partial charge on any atom is 0.335 e. The van der Waals surface area contributed by atoms with E-state index in [2.05, 4.69) is 0 Å². The third kappa shape index (κ3) is 3.59. The Morgan fingerprint density at radius 1 is 1.05 bits per heavy atom. The van der Waals surface area contributed by atoms with Gasteiger partial charge in [0.2, 0.25) is 0 Å². The van der Waals surface area contributed by atoms with Gasteiger partial charge in [0.1, 0.15) is 0 Å². The second kappa shape index (κ2) is 6.41. The molecule has 3 nitrogen and oxygen atoms in total. The van der Waals surface area contributed by atoms with Crippen LogP contribution in [0.3, 0.4) is 0 Å². The Bertz CT molecular complexity index is 537. The van der Waals surface area contributed by atoms with Crippen LogP contribution in [0.2, 0.25) is 0 Å². The van der Waals surface area contributed by atoms with E-state index < -0.39 is 5.97 Å². The molecule has 4 heteroatoms. The van der Waals surface area contributed by atoms with Crippen LogP contribution >= 0.6 is 11.8 Å². The first-order chi connectivity index (χ1) is 9.20. The average molecular weight is 274 g/mol. The highest BCUT2D eigenvalue weighted by Crippen LogP contribution is 2.34. The molecule has 2 N–H and O–H groups in total. The molecule has 1 atom stereocenters. The van der Waals surface area contributed by atoms with Gasteiger partial charge in [-0.2, -0.15) is 0 Å². The number of carboxylic acid groups (broad SMARTS) is 1. The highest BCUT2D eigenvalue weighted by atomic mass is 32.2. The zero-order valence-electron chi connectivity index (χ0n) is 10.2. The fraction of sp³-hybridized carbons (Fsp3) is 0.133. The molecule has 0 amide bonds. The minimum Gasteiger partial charge on any atom is -0.478 e. The van der Waals surface area contributed by atoms with E-state index in [0.29, 0.717) is 0 Å². The van der Waals surface area contributed by atoms with E-state index in [9.17, 15) is 9.90 Å². The van der Waals surface area contributed by atoms with Gasteiger partial charge in [-0.3, -0.25) is 0 Å². The summed E-state index contributed by atoms with van der Waals surface area (Å²) in [4.78, 5) is 11.7. The van der Waals surface area contributed by atoms with Gasteiger partial charge in [-0.15, -0.1) is 11.8 Å². The molecule has 0 aliphatic carbocycles. The molecule has 19 heavy (non-hydrogen) atoms. The minimum atomic E-state index is -0.932. The maximum atomic E-state index is 10.8. The van der Waals surface area contributed by atoms with Crippen LogP contribution in [0.4, 0.5) is 0 Å². The number of hydrogen-bond acceptors (Lipinski definition) is 3. The van der Waals surface area contributed by atoms with Crippen molar-refractivity contribution in [2.24, 2.45) is 0 Å². The van der Waals surface area contributed by atoms with Crippen molar-refractivity contribution in [1.82, 2.24) is 0 Å². The summed E-state index contributed by atoms with van der Waals surface area (Å²) in [5, 5.41) is 18.3. The summed E-state index contributed by atoms with van der Waals surface area (Å²) in [6.45, 7) is 0.0371. The number of rotatable bonds is 5. The molecular formula is C15H14O3S. The molecule has 0 saturated carbocycles. The molecule has 2 aromatic rings. The predicted octanol–water partition coefficient (Wildman–Crippen LogP) is 3.21. The van der Waals surface area contributed by atoms with E-state index in [1.165, 1.54) is 11.8 Å². The van der Waals surface area contributed by atoms with Gasteiger partial charge in [0.15, 0.2) is 0 Å². The van der Waals surface area contributed by atoms with Crippen molar-refractivity contribution in [2.45, 2.75) is 10.1 Å². The Labute approximate surface area is 115 Å². The van der Waals surface area contributed by atoms with Crippen molar-refractivity contribution in [2.75, 3.05) is 6.61 Å². The lowest BCUT2D eigenvalue weighted by molar-refractivity contribution is 0.0697. The van der Waals surface area contributed by atoms with Crippen LogP contribution < -0.4 is 0 Å². The molecule has 0 saturated heterocycles. The molecule has 0 aliphatic heterocycles. The molecule has 0 heterocycles. The Hall–Kier alpha value is -1.78.